The predicted molar refractivity (Wildman–Crippen MR) is 78.6 cm³/mol. The Balaban J connectivity index is 2.26. The lowest BCUT2D eigenvalue weighted by Crippen LogP contribution is -2.50. The van der Waals surface area contributed by atoms with Gasteiger partial charge in [-0.2, -0.15) is 0 Å². The van der Waals surface area contributed by atoms with Gasteiger partial charge in [-0.15, -0.1) is 10.2 Å². The van der Waals surface area contributed by atoms with Gasteiger partial charge in [-0.1, -0.05) is 36.4 Å². The highest BCUT2D eigenvalue weighted by atomic mass is 32.2. The first-order valence-electron chi connectivity index (χ1n) is 6.35. The molecule has 5 nitrogen and oxygen atoms in total. The van der Waals surface area contributed by atoms with Gasteiger partial charge < -0.3 is 10.1 Å². The molecule has 7 heteroatoms. The fourth-order valence-electron chi connectivity index (χ4n) is 1.84. The second kappa shape index (κ2) is 8.50. The third-order valence-electron chi connectivity index (χ3n) is 2.84. The van der Waals surface area contributed by atoms with E-state index in [1.165, 1.54) is 7.11 Å². The summed E-state index contributed by atoms with van der Waals surface area (Å²) in [6.45, 7) is 4.65. The van der Waals surface area contributed by atoms with Crippen molar-refractivity contribution in [2.24, 2.45) is 0 Å². The van der Waals surface area contributed by atoms with Crippen LogP contribution in [0.1, 0.15) is 33.1 Å². The van der Waals surface area contributed by atoms with Gasteiger partial charge in [0, 0.05) is 5.75 Å². The molecule has 0 saturated heterocycles. The van der Waals surface area contributed by atoms with Crippen molar-refractivity contribution in [3.8, 4) is 0 Å². The van der Waals surface area contributed by atoms with E-state index < -0.39 is 5.54 Å². The zero-order valence-electron chi connectivity index (χ0n) is 11.6. The zero-order chi connectivity index (χ0) is 14.1. The monoisotopic (exact) mass is 303 g/mol. The van der Waals surface area contributed by atoms with Gasteiger partial charge in [0.05, 0.1) is 7.11 Å². The van der Waals surface area contributed by atoms with Crippen molar-refractivity contribution in [3.63, 3.8) is 0 Å². The highest BCUT2D eigenvalue weighted by Gasteiger charge is 2.32. The highest BCUT2D eigenvalue weighted by molar-refractivity contribution is 8.00. The Hall–Kier alpha value is -0.660. The maximum atomic E-state index is 11.8. The van der Waals surface area contributed by atoms with Gasteiger partial charge in [0.25, 0.3) is 0 Å². The zero-order valence-corrected chi connectivity index (χ0v) is 13.3. The molecule has 0 aliphatic carbocycles. The van der Waals surface area contributed by atoms with Crippen molar-refractivity contribution in [3.05, 3.63) is 5.51 Å². The van der Waals surface area contributed by atoms with Crippen LogP contribution in [0.3, 0.4) is 0 Å². The molecule has 0 aliphatic heterocycles. The molecule has 0 saturated carbocycles. The molecule has 1 aromatic rings. The number of hydrogen-bond donors (Lipinski definition) is 1. The molecule has 0 amide bonds. The number of nitrogens with one attached hydrogen (secondary N) is 1. The summed E-state index contributed by atoms with van der Waals surface area (Å²) >= 11 is 3.27. The van der Waals surface area contributed by atoms with Crippen LogP contribution in [0.4, 0.5) is 0 Å². The number of thioether (sulfide) groups is 1. The Morgan fingerprint density at radius 3 is 2.95 bits per heavy atom. The minimum absolute atomic E-state index is 0.189. The number of unbranched alkanes of at least 4 members (excludes halogenated alkanes) is 1. The Morgan fingerprint density at radius 1 is 1.58 bits per heavy atom. The third-order valence-corrected chi connectivity index (χ3v) is 4.79. The van der Waals surface area contributed by atoms with Crippen LogP contribution < -0.4 is 5.32 Å². The number of hydrogen-bond acceptors (Lipinski definition) is 7. The number of rotatable bonds is 9. The summed E-state index contributed by atoms with van der Waals surface area (Å²) in [5.74, 6) is 0.810. The van der Waals surface area contributed by atoms with Crippen LogP contribution in [-0.4, -0.2) is 41.1 Å². The molecule has 0 aromatic carbocycles. The normalized spacial score (nSPS) is 14.1. The first kappa shape index (κ1) is 16.4. The second-order valence-electron chi connectivity index (χ2n) is 4.36. The Bertz CT molecular complexity index is 373. The molecule has 1 rings (SSSR count). The number of ether oxygens (including phenoxy) is 1. The van der Waals surface area contributed by atoms with Crippen molar-refractivity contribution >= 4 is 29.1 Å². The van der Waals surface area contributed by atoms with Crippen molar-refractivity contribution < 1.29 is 9.53 Å². The minimum atomic E-state index is -0.573. The average molecular weight is 303 g/mol. The summed E-state index contributed by atoms with van der Waals surface area (Å²) in [5.41, 5.74) is 1.17. The van der Waals surface area contributed by atoms with Crippen LogP contribution in [0.25, 0.3) is 0 Å². The van der Waals surface area contributed by atoms with Crippen molar-refractivity contribution in [1.82, 2.24) is 15.5 Å². The van der Waals surface area contributed by atoms with E-state index in [1.807, 2.05) is 13.8 Å². The maximum absolute atomic E-state index is 11.8. The molecular formula is C12H21N3O2S2. The highest BCUT2D eigenvalue weighted by Crippen LogP contribution is 2.22. The van der Waals surface area contributed by atoms with Gasteiger partial charge in [-0.05, 0) is 26.3 Å². The van der Waals surface area contributed by atoms with E-state index in [0.717, 1.165) is 35.9 Å². The number of carbonyl (C=O) groups is 1. The lowest BCUT2D eigenvalue weighted by atomic mass is 9.95. The van der Waals surface area contributed by atoms with Crippen LogP contribution in [0.5, 0.6) is 0 Å². The van der Waals surface area contributed by atoms with Crippen LogP contribution >= 0.6 is 23.1 Å². The fraction of sp³-hybridized carbons (Fsp3) is 0.750. The summed E-state index contributed by atoms with van der Waals surface area (Å²) in [7, 11) is 1.43. The summed E-state index contributed by atoms with van der Waals surface area (Å²) in [4.78, 5) is 11.8. The van der Waals surface area contributed by atoms with Gasteiger partial charge in [-0.3, -0.25) is 4.79 Å². The Labute approximate surface area is 122 Å². The Morgan fingerprint density at radius 2 is 2.37 bits per heavy atom. The standard InChI is InChI=1S/C12H21N3O2S2/c1-4-13-12(2,10(16)17-3)7-5-6-8-18-11-15-14-9-19-11/h9,13H,4-8H2,1-3H3. The molecule has 1 heterocycles. The SMILES string of the molecule is CCNC(C)(CCCCSc1nncs1)C(=O)OC. The quantitative estimate of drug-likeness (QED) is 0.429. The van der Waals surface area contributed by atoms with Crippen LogP contribution in [0, 0.1) is 0 Å². The van der Waals surface area contributed by atoms with Gasteiger partial charge in [0.1, 0.15) is 11.0 Å². The van der Waals surface area contributed by atoms with Crippen molar-refractivity contribution in [2.45, 2.75) is 43.0 Å². The molecule has 1 aromatic heterocycles. The summed E-state index contributed by atoms with van der Waals surface area (Å²) < 4.78 is 5.86. The van der Waals surface area contributed by atoms with E-state index in [9.17, 15) is 4.79 Å². The van der Waals surface area contributed by atoms with Gasteiger partial charge in [0.2, 0.25) is 0 Å². The van der Waals surface area contributed by atoms with Crippen molar-refractivity contribution in [2.75, 3.05) is 19.4 Å². The molecule has 19 heavy (non-hydrogen) atoms. The predicted octanol–water partition coefficient (Wildman–Crippen LogP) is 2.34. The topological polar surface area (TPSA) is 64.1 Å². The van der Waals surface area contributed by atoms with E-state index in [1.54, 1.807) is 28.6 Å². The number of aromatic nitrogens is 2. The number of nitrogens with zero attached hydrogens (tertiary/aromatic N) is 2. The molecule has 1 atom stereocenters. The average Bonchev–Trinajstić information content (AvgIpc) is 2.91. The van der Waals surface area contributed by atoms with E-state index in [-0.39, 0.29) is 5.97 Å². The molecule has 0 spiro atoms. The lowest BCUT2D eigenvalue weighted by Gasteiger charge is -2.27. The molecule has 0 radical (unpaired) electrons. The minimum Gasteiger partial charge on any atom is -0.468 e. The van der Waals surface area contributed by atoms with E-state index in [2.05, 4.69) is 15.5 Å². The van der Waals surface area contributed by atoms with Crippen LogP contribution in [0.2, 0.25) is 0 Å². The van der Waals surface area contributed by atoms with Crippen LogP contribution in [0.15, 0.2) is 9.85 Å². The lowest BCUT2D eigenvalue weighted by molar-refractivity contribution is -0.148. The second-order valence-corrected chi connectivity index (χ2v) is 6.54. The summed E-state index contributed by atoms with van der Waals surface area (Å²) in [5, 5.41) is 11.0. The third kappa shape index (κ3) is 5.46. The van der Waals surface area contributed by atoms with Crippen molar-refractivity contribution in [1.29, 1.82) is 0 Å². The first-order valence-corrected chi connectivity index (χ1v) is 8.21. The number of likely N-dealkylation sites (N-methyl/N-ethyl adjacent to an activating group) is 1. The molecule has 1 unspecified atom stereocenters. The van der Waals surface area contributed by atoms with Gasteiger partial charge in [0.15, 0.2) is 4.34 Å². The Kier molecular flexibility index (Phi) is 7.33. The van der Waals surface area contributed by atoms with Gasteiger partial charge in [-0.25, -0.2) is 0 Å². The molecular weight excluding hydrogens is 282 g/mol. The number of esters is 1. The molecule has 1 N–H and O–H groups in total. The van der Waals surface area contributed by atoms with E-state index in [0.29, 0.717) is 0 Å². The van der Waals surface area contributed by atoms with E-state index >= 15 is 0 Å². The summed E-state index contributed by atoms with van der Waals surface area (Å²) in [6.07, 6.45) is 2.80. The molecule has 0 bridgehead atoms. The molecule has 108 valence electrons. The molecule has 0 fully saturated rings. The summed E-state index contributed by atoms with van der Waals surface area (Å²) in [6, 6.07) is 0. The van der Waals surface area contributed by atoms with E-state index in [4.69, 9.17) is 4.74 Å². The largest absolute Gasteiger partial charge is 0.468 e. The maximum Gasteiger partial charge on any atom is 0.325 e. The number of carbonyl (C=O) groups excluding carboxylic acids is 1. The van der Waals surface area contributed by atoms with Crippen LogP contribution in [-0.2, 0) is 9.53 Å². The smallest absolute Gasteiger partial charge is 0.325 e. The van der Waals surface area contributed by atoms with Gasteiger partial charge >= 0.3 is 5.97 Å². The first-order chi connectivity index (χ1) is 9.12. The number of methoxy groups -OCH3 is 1. The molecule has 0 aliphatic rings. The fourth-order valence-corrected chi connectivity index (χ4v) is 3.40.